The van der Waals surface area contributed by atoms with Crippen LogP contribution in [0.2, 0.25) is 0 Å². The fraction of sp³-hybridized carbons (Fsp3) is 1.00. The molecule has 3 heteroatoms. The molecule has 4 aliphatic rings. The van der Waals surface area contributed by atoms with Crippen LogP contribution in [0.5, 0.6) is 0 Å². The summed E-state index contributed by atoms with van der Waals surface area (Å²) in [6.45, 7) is 8.36. The van der Waals surface area contributed by atoms with Crippen LogP contribution in [0.1, 0.15) is 58.3 Å². The predicted octanol–water partition coefficient (Wildman–Crippen LogP) is 2.80. The van der Waals surface area contributed by atoms with E-state index in [1.807, 2.05) is 0 Å². The van der Waals surface area contributed by atoms with Crippen molar-refractivity contribution >= 4 is 0 Å². The molecule has 120 valence electrons. The molecule has 21 heavy (non-hydrogen) atoms. The second kappa shape index (κ2) is 5.50. The topological polar surface area (TPSA) is 24.5 Å². The summed E-state index contributed by atoms with van der Waals surface area (Å²) in [6, 6.07) is 0. The highest BCUT2D eigenvalue weighted by Gasteiger charge is 2.52. The molecule has 0 aromatic rings. The molecule has 0 aromatic carbocycles. The smallest absolute Gasteiger partial charge is 0.0469 e. The lowest BCUT2D eigenvalue weighted by atomic mass is 9.82. The van der Waals surface area contributed by atoms with Gasteiger partial charge in [-0.3, -0.25) is 4.90 Å². The molecule has 1 spiro atoms. The van der Waals surface area contributed by atoms with E-state index < -0.39 is 0 Å². The van der Waals surface area contributed by atoms with Crippen LogP contribution in [0.4, 0.5) is 0 Å². The molecule has 4 fully saturated rings. The molecule has 3 nitrogen and oxygen atoms in total. The Labute approximate surface area is 129 Å². The highest BCUT2D eigenvalue weighted by atomic mass is 16.5. The van der Waals surface area contributed by atoms with Crippen LogP contribution in [0, 0.1) is 11.8 Å². The number of piperazine rings is 1. The van der Waals surface area contributed by atoms with Gasteiger partial charge >= 0.3 is 0 Å². The summed E-state index contributed by atoms with van der Waals surface area (Å²) < 4.78 is 5.56. The quantitative estimate of drug-likeness (QED) is 0.865. The molecule has 1 unspecified atom stereocenters. The number of nitrogens with zero attached hydrogens (tertiary/aromatic N) is 1. The second-order valence-electron chi connectivity index (χ2n) is 8.41. The molecule has 2 aliphatic carbocycles. The molecular formula is C18H32N2O. The van der Waals surface area contributed by atoms with E-state index in [1.54, 1.807) is 0 Å². The van der Waals surface area contributed by atoms with E-state index in [-0.39, 0.29) is 0 Å². The standard InChI is InChI=1S/C18H32N2O/c1-17(16-4-5-16)13-19-18(8-2-3-9-18)14-20(17)12-15-6-10-21-11-7-15/h15-16,19H,2-14H2,1H3. The SMILES string of the molecule is CC1(C2CC2)CNC2(CCCC2)CN1CC1CCOCC1. The molecule has 1 atom stereocenters. The van der Waals surface area contributed by atoms with Crippen molar-refractivity contribution in [1.82, 2.24) is 10.2 Å². The summed E-state index contributed by atoms with van der Waals surface area (Å²) >= 11 is 0. The van der Waals surface area contributed by atoms with Crippen molar-refractivity contribution < 1.29 is 4.74 Å². The normalized spacial score (nSPS) is 38.1. The van der Waals surface area contributed by atoms with Crippen molar-refractivity contribution in [2.75, 3.05) is 32.8 Å². The Bertz CT molecular complexity index is 369. The fourth-order valence-corrected chi connectivity index (χ4v) is 5.09. The van der Waals surface area contributed by atoms with Crippen molar-refractivity contribution in [1.29, 1.82) is 0 Å². The molecule has 0 aromatic heterocycles. The van der Waals surface area contributed by atoms with Gasteiger partial charge < -0.3 is 10.1 Å². The van der Waals surface area contributed by atoms with E-state index in [1.165, 1.54) is 71.0 Å². The fourth-order valence-electron chi connectivity index (χ4n) is 5.09. The van der Waals surface area contributed by atoms with Crippen molar-refractivity contribution in [3.05, 3.63) is 0 Å². The molecule has 2 heterocycles. The zero-order chi connectivity index (χ0) is 14.3. The zero-order valence-corrected chi connectivity index (χ0v) is 13.7. The summed E-state index contributed by atoms with van der Waals surface area (Å²) in [5.41, 5.74) is 0.881. The second-order valence-corrected chi connectivity index (χ2v) is 8.41. The lowest BCUT2D eigenvalue weighted by molar-refractivity contribution is -0.0250. The highest BCUT2D eigenvalue weighted by molar-refractivity contribution is 5.10. The first-order valence-corrected chi connectivity index (χ1v) is 9.28. The Morgan fingerprint density at radius 2 is 1.81 bits per heavy atom. The first kappa shape index (κ1) is 14.5. The molecule has 0 amide bonds. The lowest BCUT2D eigenvalue weighted by Crippen LogP contribution is -2.69. The van der Waals surface area contributed by atoms with E-state index in [0.29, 0.717) is 11.1 Å². The Hall–Kier alpha value is -0.120. The minimum atomic E-state index is 0.423. The maximum Gasteiger partial charge on any atom is 0.0469 e. The molecule has 2 saturated heterocycles. The third kappa shape index (κ3) is 2.77. The molecule has 4 rings (SSSR count). The molecule has 1 N–H and O–H groups in total. The third-order valence-electron chi connectivity index (χ3n) is 6.87. The Morgan fingerprint density at radius 1 is 1.10 bits per heavy atom. The van der Waals surface area contributed by atoms with Crippen LogP contribution in [0.15, 0.2) is 0 Å². The van der Waals surface area contributed by atoms with Gasteiger partial charge in [0.1, 0.15) is 0 Å². The molecule has 2 saturated carbocycles. The van der Waals surface area contributed by atoms with Crippen LogP contribution in [-0.4, -0.2) is 48.8 Å². The largest absolute Gasteiger partial charge is 0.381 e. The maximum atomic E-state index is 5.56. The van der Waals surface area contributed by atoms with Gasteiger partial charge in [-0.05, 0) is 57.3 Å². The third-order valence-corrected chi connectivity index (χ3v) is 6.87. The average Bonchev–Trinajstić information content (AvgIpc) is 3.27. The first-order valence-electron chi connectivity index (χ1n) is 9.28. The molecule has 0 radical (unpaired) electrons. The Balaban J connectivity index is 1.49. The van der Waals surface area contributed by atoms with Crippen LogP contribution >= 0.6 is 0 Å². The molecule has 0 bridgehead atoms. The van der Waals surface area contributed by atoms with E-state index in [2.05, 4.69) is 17.1 Å². The van der Waals surface area contributed by atoms with Crippen molar-refractivity contribution in [3.8, 4) is 0 Å². The van der Waals surface area contributed by atoms with Gasteiger partial charge in [0.25, 0.3) is 0 Å². The van der Waals surface area contributed by atoms with Crippen LogP contribution in [0.3, 0.4) is 0 Å². The monoisotopic (exact) mass is 292 g/mol. The van der Waals surface area contributed by atoms with E-state index in [9.17, 15) is 0 Å². The molecular weight excluding hydrogens is 260 g/mol. The van der Waals surface area contributed by atoms with Gasteiger partial charge in [-0.15, -0.1) is 0 Å². The molecule has 2 aliphatic heterocycles. The van der Waals surface area contributed by atoms with Crippen LogP contribution in [-0.2, 0) is 4.74 Å². The van der Waals surface area contributed by atoms with Gasteiger partial charge in [0.2, 0.25) is 0 Å². The lowest BCUT2D eigenvalue weighted by Gasteiger charge is -2.54. The maximum absolute atomic E-state index is 5.56. The number of ether oxygens (including phenoxy) is 1. The summed E-state index contributed by atoms with van der Waals surface area (Å²) in [5, 5.41) is 4.01. The summed E-state index contributed by atoms with van der Waals surface area (Å²) in [4.78, 5) is 2.92. The minimum Gasteiger partial charge on any atom is -0.381 e. The van der Waals surface area contributed by atoms with Gasteiger partial charge in [-0.25, -0.2) is 0 Å². The number of rotatable bonds is 3. The van der Waals surface area contributed by atoms with Crippen molar-refractivity contribution in [2.45, 2.75) is 69.4 Å². The zero-order valence-electron chi connectivity index (χ0n) is 13.7. The Morgan fingerprint density at radius 3 is 2.48 bits per heavy atom. The summed E-state index contributed by atoms with van der Waals surface area (Å²) in [5.74, 6) is 1.82. The van der Waals surface area contributed by atoms with Crippen LogP contribution in [0.25, 0.3) is 0 Å². The minimum absolute atomic E-state index is 0.423. The van der Waals surface area contributed by atoms with Gasteiger partial charge in [0.15, 0.2) is 0 Å². The average molecular weight is 292 g/mol. The van der Waals surface area contributed by atoms with Gasteiger partial charge in [-0.1, -0.05) is 12.8 Å². The number of hydrogen-bond donors (Lipinski definition) is 1. The van der Waals surface area contributed by atoms with Crippen LogP contribution < -0.4 is 5.32 Å². The first-order chi connectivity index (χ1) is 10.2. The van der Waals surface area contributed by atoms with Crippen molar-refractivity contribution in [2.24, 2.45) is 11.8 Å². The van der Waals surface area contributed by atoms with E-state index in [0.717, 1.165) is 25.0 Å². The van der Waals surface area contributed by atoms with Gasteiger partial charge in [-0.2, -0.15) is 0 Å². The highest BCUT2D eigenvalue weighted by Crippen LogP contribution is 2.47. The van der Waals surface area contributed by atoms with Gasteiger partial charge in [0, 0.05) is 43.9 Å². The van der Waals surface area contributed by atoms with E-state index >= 15 is 0 Å². The number of nitrogens with one attached hydrogen (secondary N) is 1. The Kier molecular flexibility index (Phi) is 3.79. The predicted molar refractivity (Wildman–Crippen MR) is 85.4 cm³/mol. The van der Waals surface area contributed by atoms with Gasteiger partial charge in [0.05, 0.1) is 0 Å². The summed E-state index contributed by atoms with van der Waals surface area (Å²) in [7, 11) is 0. The van der Waals surface area contributed by atoms with Crippen molar-refractivity contribution in [3.63, 3.8) is 0 Å². The summed E-state index contributed by atoms with van der Waals surface area (Å²) in [6.07, 6.45) is 11.1. The van der Waals surface area contributed by atoms with E-state index in [4.69, 9.17) is 4.74 Å². The number of hydrogen-bond acceptors (Lipinski definition) is 3.